The summed E-state index contributed by atoms with van der Waals surface area (Å²) >= 11 is 0. The molecule has 1 heterocycles. The number of ether oxygens (including phenoxy) is 1. The van der Waals surface area contributed by atoms with Crippen LogP contribution in [0.5, 0.6) is 0 Å². The number of hydrogen-bond acceptors (Lipinski definition) is 2. The van der Waals surface area contributed by atoms with Gasteiger partial charge in [-0.25, -0.2) is 4.39 Å². The molecule has 4 aromatic rings. The minimum absolute atomic E-state index is 0.0143. The van der Waals surface area contributed by atoms with Crippen LogP contribution in [0.25, 0.3) is 0 Å². The third-order valence-electron chi connectivity index (χ3n) is 5.45. The van der Waals surface area contributed by atoms with Gasteiger partial charge < -0.3 is 14.2 Å². The molecule has 0 radical (unpaired) electrons. The number of benzene rings is 3. The highest BCUT2D eigenvalue weighted by Crippen LogP contribution is 2.14. The van der Waals surface area contributed by atoms with Crippen LogP contribution in [0.15, 0.2) is 103 Å². The summed E-state index contributed by atoms with van der Waals surface area (Å²) in [6.07, 6.45) is 1.98. The number of aromatic nitrogens is 1. The van der Waals surface area contributed by atoms with E-state index in [2.05, 4.69) is 4.57 Å². The highest BCUT2D eigenvalue weighted by molar-refractivity contribution is 5.77. The summed E-state index contributed by atoms with van der Waals surface area (Å²) in [7, 11) is 0. The van der Waals surface area contributed by atoms with Gasteiger partial charge in [0.05, 0.1) is 13.2 Å². The molecule has 4 nitrogen and oxygen atoms in total. The van der Waals surface area contributed by atoms with Crippen LogP contribution in [0.3, 0.4) is 0 Å². The lowest BCUT2D eigenvalue weighted by molar-refractivity contribution is -0.138. The lowest BCUT2D eigenvalue weighted by Crippen LogP contribution is -2.34. The molecule has 0 bridgehead atoms. The molecular formula is C28H27FN2O2. The fourth-order valence-corrected chi connectivity index (χ4v) is 3.69. The van der Waals surface area contributed by atoms with Crippen LogP contribution in [-0.4, -0.2) is 22.0 Å². The van der Waals surface area contributed by atoms with Crippen LogP contribution in [0.1, 0.15) is 22.4 Å². The summed E-state index contributed by atoms with van der Waals surface area (Å²) in [4.78, 5) is 14.9. The van der Waals surface area contributed by atoms with Crippen LogP contribution in [0, 0.1) is 5.82 Å². The van der Waals surface area contributed by atoms with E-state index in [4.69, 9.17) is 4.74 Å². The van der Waals surface area contributed by atoms with Gasteiger partial charge in [0.1, 0.15) is 12.4 Å². The molecule has 0 saturated heterocycles. The Labute approximate surface area is 193 Å². The van der Waals surface area contributed by atoms with Gasteiger partial charge in [-0.2, -0.15) is 0 Å². The Hall–Kier alpha value is -3.70. The third kappa shape index (κ3) is 6.64. The quantitative estimate of drug-likeness (QED) is 0.329. The van der Waals surface area contributed by atoms with Crippen molar-refractivity contribution in [3.05, 3.63) is 131 Å². The lowest BCUT2D eigenvalue weighted by atomic mass is 10.2. The molecule has 33 heavy (non-hydrogen) atoms. The molecule has 0 aliphatic carbocycles. The average Bonchev–Trinajstić information content (AvgIpc) is 3.28. The molecule has 0 atom stereocenters. The van der Waals surface area contributed by atoms with Crippen molar-refractivity contribution in [3.8, 4) is 0 Å². The molecular weight excluding hydrogens is 415 g/mol. The van der Waals surface area contributed by atoms with Gasteiger partial charge in [-0.1, -0.05) is 72.8 Å². The maximum absolute atomic E-state index is 13.3. The molecule has 1 amide bonds. The normalized spacial score (nSPS) is 10.8. The van der Waals surface area contributed by atoms with Crippen LogP contribution in [0.4, 0.5) is 4.39 Å². The maximum Gasteiger partial charge on any atom is 0.249 e. The summed E-state index contributed by atoms with van der Waals surface area (Å²) in [5, 5.41) is 0. The first kappa shape index (κ1) is 22.5. The van der Waals surface area contributed by atoms with Crippen molar-refractivity contribution in [1.29, 1.82) is 0 Å². The van der Waals surface area contributed by atoms with E-state index < -0.39 is 0 Å². The van der Waals surface area contributed by atoms with E-state index >= 15 is 0 Å². The molecule has 5 heteroatoms. The minimum Gasteiger partial charge on any atom is -0.367 e. The molecule has 0 N–H and O–H groups in total. The van der Waals surface area contributed by atoms with Gasteiger partial charge in [-0.3, -0.25) is 4.79 Å². The van der Waals surface area contributed by atoms with E-state index in [-0.39, 0.29) is 18.3 Å². The van der Waals surface area contributed by atoms with Gasteiger partial charge in [-0.15, -0.1) is 0 Å². The Morgan fingerprint density at radius 2 is 1.42 bits per heavy atom. The Morgan fingerprint density at radius 1 is 0.758 bits per heavy atom. The van der Waals surface area contributed by atoms with E-state index in [1.165, 1.54) is 12.1 Å². The van der Waals surface area contributed by atoms with Crippen molar-refractivity contribution < 1.29 is 13.9 Å². The number of nitrogens with zero attached hydrogens (tertiary/aromatic N) is 2. The zero-order valence-corrected chi connectivity index (χ0v) is 18.4. The van der Waals surface area contributed by atoms with Gasteiger partial charge in [0.15, 0.2) is 0 Å². The van der Waals surface area contributed by atoms with Crippen molar-refractivity contribution in [1.82, 2.24) is 9.47 Å². The molecule has 0 saturated carbocycles. The molecule has 0 fully saturated rings. The second kappa shape index (κ2) is 11.2. The van der Waals surface area contributed by atoms with Crippen LogP contribution >= 0.6 is 0 Å². The smallest absolute Gasteiger partial charge is 0.249 e. The first-order valence-electron chi connectivity index (χ1n) is 11.0. The van der Waals surface area contributed by atoms with E-state index in [0.717, 1.165) is 22.4 Å². The first-order valence-corrected chi connectivity index (χ1v) is 11.0. The summed E-state index contributed by atoms with van der Waals surface area (Å²) in [5.41, 5.74) is 4.10. The molecule has 4 rings (SSSR count). The van der Waals surface area contributed by atoms with Crippen molar-refractivity contribution in [2.45, 2.75) is 26.2 Å². The predicted molar refractivity (Wildman–Crippen MR) is 127 cm³/mol. The Balaban J connectivity index is 1.45. The first-order chi connectivity index (χ1) is 16.2. The summed E-state index contributed by atoms with van der Waals surface area (Å²) in [5.74, 6) is -0.314. The Morgan fingerprint density at radius 3 is 2.12 bits per heavy atom. The molecule has 168 valence electrons. The summed E-state index contributed by atoms with van der Waals surface area (Å²) < 4.78 is 21.1. The van der Waals surface area contributed by atoms with Gasteiger partial charge in [0.25, 0.3) is 0 Å². The van der Waals surface area contributed by atoms with Gasteiger partial charge in [-0.05, 0) is 41.0 Å². The fourth-order valence-electron chi connectivity index (χ4n) is 3.69. The number of carbonyl (C=O) groups is 1. The number of hydrogen-bond donors (Lipinski definition) is 0. The summed E-state index contributed by atoms with van der Waals surface area (Å²) in [6, 6.07) is 30.2. The molecule has 0 aliphatic heterocycles. The second-order valence-corrected chi connectivity index (χ2v) is 7.97. The zero-order valence-electron chi connectivity index (χ0n) is 18.4. The molecule has 3 aromatic carbocycles. The number of halogens is 1. The largest absolute Gasteiger partial charge is 0.367 e. The van der Waals surface area contributed by atoms with Crippen molar-refractivity contribution >= 4 is 5.91 Å². The van der Waals surface area contributed by atoms with Gasteiger partial charge >= 0.3 is 0 Å². The van der Waals surface area contributed by atoms with Crippen molar-refractivity contribution in [3.63, 3.8) is 0 Å². The second-order valence-electron chi connectivity index (χ2n) is 7.97. The Kier molecular flexibility index (Phi) is 7.67. The fraction of sp³-hybridized carbons (Fsp3) is 0.179. The standard InChI is InChI=1S/C28H27FN2O2/c29-26-15-13-24(14-16-26)18-30-17-7-12-27(30)20-31(19-23-8-3-1-4-9-23)28(32)22-33-21-25-10-5-2-6-11-25/h1-17H,18-22H2. The van der Waals surface area contributed by atoms with E-state index in [1.54, 1.807) is 12.1 Å². The lowest BCUT2D eigenvalue weighted by Gasteiger charge is -2.24. The van der Waals surface area contributed by atoms with Crippen LogP contribution < -0.4 is 0 Å². The monoisotopic (exact) mass is 442 g/mol. The maximum atomic E-state index is 13.3. The molecule has 1 aromatic heterocycles. The number of rotatable bonds is 10. The van der Waals surface area contributed by atoms with Crippen molar-refractivity contribution in [2.75, 3.05) is 6.61 Å². The van der Waals surface area contributed by atoms with E-state index in [9.17, 15) is 9.18 Å². The minimum atomic E-state index is -0.249. The van der Waals surface area contributed by atoms with Crippen LogP contribution in [0.2, 0.25) is 0 Å². The van der Waals surface area contributed by atoms with Gasteiger partial charge in [0, 0.05) is 25.0 Å². The number of amides is 1. The van der Waals surface area contributed by atoms with Crippen molar-refractivity contribution in [2.24, 2.45) is 0 Å². The summed E-state index contributed by atoms with van der Waals surface area (Å²) in [6.45, 7) is 1.97. The zero-order chi connectivity index (χ0) is 22.9. The highest BCUT2D eigenvalue weighted by Gasteiger charge is 2.17. The molecule has 0 unspecified atom stereocenters. The third-order valence-corrected chi connectivity index (χ3v) is 5.45. The van der Waals surface area contributed by atoms with Gasteiger partial charge in [0.2, 0.25) is 5.91 Å². The van der Waals surface area contributed by atoms with E-state index in [0.29, 0.717) is 26.2 Å². The Bertz CT molecular complexity index is 1140. The molecule has 0 spiro atoms. The molecule has 0 aliphatic rings. The number of carbonyl (C=O) groups excluding carboxylic acids is 1. The van der Waals surface area contributed by atoms with Crippen LogP contribution in [-0.2, 0) is 35.8 Å². The predicted octanol–water partition coefficient (Wildman–Crippen LogP) is 5.42. The highest BCUT2D eigenvalue weighted by atomic mass is 19.1. The average molecular weight is 443 g/mol. The SMILES string of the molecule is O=C(COCc1ccccc1)N(Cc1ccccc1)Cc1cccn1Cc1ccc(F)cc1. The van der Waals surface area contributed by atoms with E-state index in [1.807, 2.05) is 83.9 Å². The topological polar surface area (TPSA) is 34.5 Å².